The second-order valence-corrected chi connectivity index (χ2v) is 8.11. The Morgan fingerprint density at radius 1 is 0.571 bits per heavy atom. The number of likely N-dealkylation sites (N-methyl/N-ethyl adjacent to an activating group) is 2. The van der Waals surface area contributed by atoms with Crippen LogP contribution in [0.2, 0.25) is 0 Å². The molecule has 0 N–H and O–H groups in total. The highest BCUT2D eigenvalue weighted by Gasteiger charge is 2.21. The van der Waals surface area contributed by atoms with Crippen LogP contribution in [0, 0.1) is 0 Å². The van der Waals surface area contributed by atoms with Gasteiger partial charge < -0.3 is 13.4 Å². The first-order valence-corrected chi connectivity index (χ1v) is 7.87. The Hall–Kier alpha value is -0.780. The predicted octanol–water partition coefficient (Wildman–Crippen LogP) is 0.394. The Kier molecular flexibility index (Phi) is 8.29. The largest absolute Gasteiger partial charge is 0.328 e. The third-order valence-electron chi connectivity index (χ3n) is 4.19. The van der Waals surface area contributed by atoms with Crippen LogP contribution in [0.5, 0.6) is 0 Å². The van der Waals surface area contributed by atoms with E-state index >= 15 is 0 Å². The summed E-state index contributed by atoms with van der Waals surface area (Å²) in [5.41, 5.74) is 0. The van der Waals surface area contributed by atoms with Crippen molar-refractivity contribution in [2.75, 3.05) is 81.6 Å². The van der Waals surface area contributed by atoms with Gasteiger partial charge in [0.15, 0.2) is 12.6 Å². The number of aldehydes is 2. The van der Waals surface area contributed by atoms with Gasteiger partial charge >= 0.3 is 0 Å². The van der Waals surface area contributed by atoms with Crippen molar-refractivity contribution in [1.82, 2.24) is 0 Å². The molecule has 0 aromatic heterocycles. The molecular formula is C16H36N3O2+3. The molecule has 0 fully saturated rings. The highest BCUT2D eigenvalue weighted by molar-refractivity contribution is 5.50. The number of carbonyl (C=O) groups is 2. The van der Waals surface area contributed by atoms with Crippen molar-refractivity contribution in [3.63, 3.8) is 0 Å². The Balaban J connectivity index is 4.04. The van der Waals surface area contributed by atoms with Gasteiger partial charge in [-0.05, 0) is 0 Å². The van der Waals surface area contributed by atoms with Gasteiger partial charge in [0.05, 0.1) is 68.5 Å². The molecule has 124 valence electrons. The van der Waals surface area contributed by atoms with Crippen LogP contribution in [0.25, 0.3) is 0 Å². The van der Waals surface area contributed by atoms with Crippen LogP contribution >= 0.6 is 0 Å². The second-order valence-electron chi connectivity index (χ2n) is 8.11. The quantitative estimate of drug-likeness (QED) is 0.386. The zero-order chi connectivity index (χ0) is 16.6. The lowest BCUT2D eigenvalue weighted by atomic mass is 10.2. The molecule has 0 aromatic carbocycles. The fourth-order valence-corrected chi connectivity index (χ4v) is 2.55. The SMILES string of the molecule is C[N+](C)(CC=O)CCC[N+](C)(C)CCC[N+](C)(C)CC=O. The van der Waals surface area contributed by atoms with Crippen LogP contribution in [0.1, 0.15) is 12.8 Å². The lowest BCUT2D eigenvalue weighted by molar-refractivity contribution is -0.913. The van der Waals surface area contributed by atoms with Crippen LogP contribution in [-0.2, 0) is 9.59 Å². The summed E-state index contributed by atoms with van der Waals surface area (Å²) in [6, 6.07) is 0. The van der Waals surface area contributed by atoms with Crippen molar-refractivity contribution >= 4 is 12.6 Å². The first kappa shape index (κ1) is 20.2. The maximum Gasteiger partial charge on any atom is 0.174 e. The summed E-state index contributed by atoms with van der Waals surface area (Å²) < 4.78 is 2.54. The highest BCUT2D eigenvalue weighted by Crippen LogP contribution is 2.07. The fourth-order valence-electron chi connectivity index (χ4n) is 2.55. The number of quaternary nitrogens is 3. The summed E-state index contributed by atoms with van der Waals surface area (Å²) in [5.74, 6) is 0. The average Bonchev–Trinajstić information content (AvgIpc) is 2.26. The van der Waals surface area contributed by atoms with E-state index in [-0.39, 0.29) is 0 Å². The Morgan fingerprint density at radius 3 is 1.14 bits per heavy atom. The minimum absolute atomic E-state index is 0.588. The van der Waals surface area contributed by atoms with E-state index in [1.54, 1.807) is 0 Å². The van der Waals surface area contributed by atoms with E-state index < -0.39 is 0 Å². The van der Waals surface area contributed by atoms with Gasteiger partial charge in [0, 0.05) is 12.8 Å². The molecule has 0 aliphatic heterocycles. The molecule has 0 heterocycles. The van der Waals surface area contributed by atoms with Crippen LogP contribution in [-0.4, -0.2) is 108 Å². The van der Waals surface area contributed by atoms with Crippen molar-refractivity contribution in [3.8, 4) is 0 Å². The molecule has 5 heteroatoms. The fraction of sp³-hybridized carbons (Fsp3) is 0.875. The summed E-state index contributed by atoms with van der Waals surface area (Å²) in [7, 11) is 12.9. The molecule has 0 saturated heterocycles. The van der Waals surface area contributed by atoms with Gasteiger partial charge in [-0.1, -0.05) is 0 Å². The number of hydrogen-bond donors (Lipinski definition) is 0. The molecular weight excluding hydrogens is 266 g/mol. The molecule has 0 radical (unpaired) electrons. The minimum atomic E-state index is 0.588. The molecule has 0 aliphatic rings. The third kappa shape index (κ3) is 10.6. The zero-order valence-electron chi connectivity index (χ0n) is 15.0. The number of nitrogens with zero attached hydrogens (tertiary/aromatic N) is 3. The van der Waals surface area contributed by atoms with E-state index in [0.29, 0.717) is 13.1 Å². The number of hydrogen-bond acceptors (Lipinski definition) is 2. The molecule has 21 heavy (non-hydrogen) atoms. The van der Waals surface area contributed by atoms with Crippen molar-refractivity contribution in [1.29, 1.82) is 0 Å². The van der Waals surface area contributed by atoms with Gasteiger partial charge in [-0.15, -0.1) is 0 Å². The van der Waals surface area contributed by atoms with Gasteiger partial charge in [0.1, 0.15) is 13.1 Å². The topological polar surface area (TPSA) is 34.1 Å². The van der Waals surface area contributed by atoms with Crippen LogP contribution in [0.15, 0.2) is 0 Å². The smallest absolute Gasteiger partial charge is 0.174 e. The molecule has 0 spiro atoms. The normalized spacial score (nSPS) is 13.2. The summed E-state index contributed by atoms with van der Waals surface area (Å²) in [6.07, 6.45) is 4.26. The molecule has 0 saturated carbocycles. The van der Waals surface area contributed by atoms with Crippen LogP contribution in [0.3, 0.4) is 0 Å². The van der Waals surface area contributed by atoms with Gasteiger partial charge in [-0.2, -0.15) is 0 Å². The number of rotatable bonds is 12. The summed E-state index contributed by atoms with van der Waals surface area (Å²) in [5, 5.41) is 0. The standard InChI is InChI=1S/C16H36N3O2/c1-17(2,9-7-11-18(3,4)13-15-20)10-8-12-19(5,6)14-16-21/h15-16H,7-14H2,1-6H3/q+3. The molecule has 0 aromatic rings. The average molecular weight is 302 g/mol. The van der Waals surface area contributed by atoms with Crippen molar-refractivity contribution < 1.29 is 23.0 Å². The van der Waals surface area contributed by atoms with Crippen molar-refractivity contribution in [2.45, 2.75) is 12.8 Å². The predicted molar refractivity (Wildman–Crippen MR) is 86.9 cm³/mol. The van der Waals surface area contributed by atoms with E-state index in [2.05, 4.69) is 42.3 Å². The van der Waals surface area contributed by atoms with Gasteiger partial charge in [0.2, 0.25) is 0 Å². The maximum atomic E-state index is 10.6. The van der Waals surface area contributed by atoms with E-state index in [9.17, 15) is 9.59 Å². The molecule has 0 aliphatic carbocycles. The van der Waals surface area contributed by atoms with Gasteiger partial charge in [-0.3, -0.25) is 9.59 Å². The van der Waals surface area contributed by atoms with E-state index in [0.717, 1.165) is 65.0 Å². The molecule has 0 amide bonds. The maximum absolute atomic E-state index is 10.6. The first-order chi connectivity index (χ1) is 9.54. The first-order valence-electron chi connectivity index (χ1n) is 7.87. The van der Waals surface area contributed by atoms with Crippen LogP contribution in [0.4, 0.5) is 0 Å². The zero-order valence-corrected chi connectivity index (χ0v) is 15.0. The Bertz CT molecular complexity index is 295. The van der Waals surface area contributed by atoms with Crippen molar-refractivity contribution in [3.05, 3.63) is 0 Å². The van der Waals surface area contributed by atoms with E-state index in [1.807, 2.05) is 0 Å². The summed E-state index contributed by atoms with van der Waals surface area (Å²) >= 11 is 0. The lowest BCUT2D eigenvalue weighted by Gasteiger charge is -2.34. The number of carbonyl (C=O) groups excluding carboxylic acids is 2. The molecule has 0 unspecified atom stereocenters. The summed E-state index contributed by atoms with van der Waals surface area (Å²) in [4.78, 5) is 21.2. The third-order valence-corrected chi connectivity index (χ3v) is 4.19. The second kappa shape index (κ2) is 8.61. The Labute approximate surface area is 130 Å². The summed E-state index contributed by atoms with van der Waals surface area (Å²) in [6.45, 7) is 5.50. The highest BCUT2D eigenvalue weighted by atomic mass is 16.1. The van der Waals surface area contributed by atoms with Gasteiger partial charge in [-0.25, -0.2) is 0 Å². The molecule has 0 atom stereocenters. The molecule has 0 bridgehead atoms. The van der Waals surface area contributed by atoms with E-state index in [1.165, 1.54) is 0 Å². The van der Waals surface area contributed by atoms with E-state index in [4.69, 9.17) is 0 Å². The lowest BCUT2D eigenvalue weighted by Crippen LogP contribution is -2.48. The molecule has 5 nitrogen and oxygen atoms in total. The minimum Gasteiger partial charge on any atom is -0.328 e. The monoisotopic (exact) mass is 302 g/mol. The van der Waals surface area contributed by atoms with Crippen molar-refractivity contribution in [2.24, 2.45) is 0 Å². The Morgan fingerprint density at radius 2 is 0.857 bits per heavy atom. The van der Waals surface area contributed by atoms with Gasteiger partial charge in [0.25, 0.3) is 0 Å². The molecule has 0 rings (SSSR count). The van der Waals surface area contributed by atoms with Crippen LogP contribution < -0.4 is 0 Å².